The van der Waals surface area contributed by atoms with Crippen LogP contribution in [0.5, 0.6) is 5.75 Å². The molecule has 0 atom stereocenters. The van der Waals surface area contributed by atoms with E-state index in [9.17, 15) is 9.59 Å². The lowest BCUT2D eigenvalue weighted by Crippen LogP contribution is -2.48. The highest BCUT2D eigenvalue weighted by Gasteiger charge is 2.29. The van der Waals surface area contributed by atoms with Crippen LogP contribution in [-0.4, -0.2) is 38.1 Å². The predicted octanol–water partition coefficient (Wildman–Crippen LogP) is 0.749. The average molecular weight is 303 g/mol. The normalized spacial score (nSPS) is 17.5. The number of anilines is 1. The molecule has 1 aromatic carbocycles. The van der Waals surface area contributed by atoms with Crippen molar-refractivity contribution in [2.45, 2.75) is 12.8 Å². The lowest BCUT2D eigenvalue weighted by molar-refractivity contribution is -0.123. The minimum absolute atomic E-state index is 0.0137. The second-order valence-electron chi connectivity index (χ2n) is 5.91. The van der Waals surface area contributed by atoms with E-state index in [0.29, 0.717) is 23.9 Å². The number of ether oxygens (including phenoxy) is 1. The zero-order valence-electron chi connectivity index (χ0n) is 12.4. The Morgan fingerprint density at radius 2 is 2.09 bits per heavy atom. The maximum Gasteiger partial charge on any atom is 0.257 e. The Kier molecular flexibility index (Phi) is 4.58. The maximum absolute atomic E-state index is 11.7. The standard InChI is InChI=1S/C16H21N3O3/c20-15(18-9-11-7-17-8-11)10-22-14-3-1-2-13(6-14)19-16(21)12-4-5-12/h1-3,6,11-12,17H,4-5,7-10H2,(H,18,20)(H,19,21). The quantitative estimate of drug-likeness (QED) is 0.694. The molecule has 0 bridgehead atoms. The number of nitrogens with one attached hydrogen (secondary N) is 3. The molecule has 0 aromatic heterocycles. The third kappa shape index (κ3) is 4.21. The molecule has 1 aromatic rings. The van der Waals surface area contributed by atoms with E-state index in [1.54, 1.807) is 18.2 Å². The van der Waals surface area contributed by atoms with Crippen molar-refractivity contribution in [3.05, 3.63) is 24.3 Å². The Balaban J connectivity index is 1.43. The summed E-state index contributed by atoms with van der Waals surface area (Å²) in [6, 6.07) is 7.13. The Bertz CT molecular complexity index is 553. The molecule has 1 heterocycles. The second-order valence-corrected chi connectivity index (χ2v) is 5.91. The lowest BCUT2D eigenvalue weighted by atomic mass is 10.0. The fraction of sp³-hybridized carbons (Fsp3) is 0.500. The van der Waals surface area contributed by atoms with Crippen molar-refractivity contribution in [3.8, 4) is 5.75 Å². The largest absolute Gasteiger partial charge is 0.484 e. The molecule has 0 radical (unpaired) electrons. The van der Waals surface area contributed by atoms with Gasteiger partial charge in [0.2, 0.25) is 5.91 Å². The van der Waals surface area contributed by atoms with Gasteiger partial charge in [0.05, 0.1) is 0 Å². The van der Waals surface area contributed by atoms with E-state index < -0.39 is 0 Å². The Morgan fingerprint density at radius 1 is 1.27 bits per heavy atom. The highest BCUT2D eigenvalue weighted by atomic mass is 16.5. The highest BCUT2D eigenvalue weighted by molar-refractivity contribution is 5.94. The van der Waals surface area contributed by atoms with E-state index >= 15 is 0 Å². The van der Waals surface area contributed by atoms with Crippen LogP contribution in [0.15, 0.2) is 24.3 Å². The smallest absolute Gasteiger partial charge is 0.257 e. The summed E-state index contributed by atoms with van der Waals surface area (Å²) in [5, 5.41) is 8.87. The van der Waals surface area contributed by atoms with Crippen LogP contribution in [0.1, 0.15) is 12.8 Å². The molecular formula is C16H21N3O3. The molecule has 1 saturated carbocycles. The molecule has 118 valence electrons. The first-order valence-corrected chi connectivity index (χ1v) is 7.72. The summed E-state index contributed by atoms with van der Waals surface area (Å²) in [4.78, 5) is 23.4. The molecule has 3 N–H and O–H groups in total. The molecule has 1 aliphatic carbocycles. The molecule has 0 spiro atoms. The minimum atomic E-state index is -0.126. The second kappa shape index (κ2) is 6.79. The molecule has 2 fully saturated rings. The topological polar surface area (TPSA) is 79.5 Å². The highest BCUT2D eigenvalue weighted by Crippen LogP contribution is 2.30. The van der Waals surface area contributed by atoms with Gasteiger partial charge in [-0.15, -0.1) is 0 Å². The molecular weight excluding hydrogens is 282 g/mol. The zero-order valence-corrected chi connectivity index (χ0v) is 12.4. The van der Waals surface area contributed by atoms with Crippen molar-refractivity contribution in [1.29, 1.82) is 0 Å². The average Bonchev–Trinajstić information content (AvgIpc) is 3.28. The summed E-state index contributed by atoms with van der Waals surface area (Å²) in [7, 11) is 0. The summed E-state index contributed by atoms with van der Waals surface area (Å²) in [5.74, 6) is 1.21. The molecule has 2 aliphatic rings. The van der Waals surface area contributed by atoms with Crippen molar-refractivity contribution in [2.24, 2.45) is 11.8 Å². The summed E-state index contributed by atoms with van der Waals surface area (Å²) in [6.45, 7) is 2.60. The van der Waals surface area contributed by atoms with Gasteiger partial charge in [-0.2, -0.15) is 0 Å². The minimum Gasteiger partial charge on any atom is -0.484 e. The van der Waals surface area contributed by atoms with Crippen LogP contribution < -0.4 is 20.7 Å². The third-order valence-electron chi connectivity index (χ3n) is 3.87. The van der Waals surface area contributed by atoms with E-state index in [4.69, 9.17) is 4.74 Å². The molecule has 6 heteroatoms. The first-order valence-electron chi connectivity index (χ1n) is 7.72. The Hall–Kier alpha value is -2.08. The van der Waals surface area contributed by atoms with Crippen LogP contribution in [0.2, 0.25) is 0 Å². The van der Waals surface area contributed by atoms with E-state index in [1.807, 2.05) is 6.07 Å². The molecule has 6 nitrogen and oxygen atoms in total. The van der Waals surface area contributed by atoms with Gasteiger partial charge >= 0.3 is 0 Å². The molecule has 0 unspecified atom stereocenters. The number of carbonyl (C=O) groups is 2. The monoisotopic (exact) mass is 303 g/mol. The van der Waals surface area contributed by atoms with Crippen LogP contribution in [-0.2, 0) is 9.59 Å². The van der Waals surface area contributed by atoms with Crippen molar-refractivity contribution >= 4 is 17.5 Å². The summed E-state index contributed by atoms with van der Waals surface area (Å²) in [6.07, 6.45) is 1.94. The molecule has 1 saturated heterocycles. The van der Waals surface area contributed by atoms with Crippen LogP contribution >= 0.6 is 0 Å². The van der Waals surface area contributed by atoms with Crippen molar-refractivity contribution in [2.75, 3.05) is 31.6 Å². The predicted molar refractivity (Wildman–Crippen MR) is 82.7 cm³/mol. The van der Waals surface area contributed by atoms with Gasteiger partial charge in [0.15, 0.2) is 6.61 Å². The van der Waals surface area contributed by atoms with Gasteiger partial charge in [0.1, 0.15) is 5.75 Å². The van der Waals surface area contributed by atoms with Gasteiger partial charge in [-0.1, -0.05) is 6.07 Å². The Morgan fingerprint density at radius 3 is 2.77 bits per heavy atom. The fourth-order valence-electron chi connectivity index (χ4n) is 2.20. The van der Waals surface area contributed by atoms with Crippen LogP contribution in [0.3, 0.4) is 0 Å². The summed E-state index contributed by atoms with van der Waals surface area (Å²) >= 11 is 0. The summed E-state index contributed by atoms with van der Waals surface area (Å²) in [5.41, 5.74) is 0.704. The number of rotatable bonds is 7. The molecule has 22 heavy (non-hydrogen) atoms. The summed E-state index contributed by atoms with van der Waals surface area (Å²) < 4.78 is 5.47. The number of amides is 2. The van der Waals surface area contributed by atoms with Crippen molar-refractivity contribution < 1.29 is 14.3 Å². The zero-order chi connectivity index (χ0) is 15.4. The fourth-order valence-corrected chi connectivity index (χ4v) is 2.20. The number of hydrogen-bond acceptors (Lipinski definition) is 4. The van der Waals surface area contributed by atoms with E-state index in [0.717, 1.165) is 25.9 Å². The van der Waals surface area contributed by atoms with Gasteiger partial charge < -0.3 is 20.7 Å². The van der Waals surface area contributed by atoms with Crippen LogP contribution in [0, 0.1) is 11.8 Å². The number of hydrogen-bond donors (Lipinski definition) is 3. The molecule has 1 aliphatic heterocycles. The van der Waals surface area contributed by atoms with Crippen LogP contribution in [0.4, 0.5) is 5.69 Å². The van der Waals surface area contributed by atoms with Gasteiger partial charge in [-0.05, 0) is 25.0 Å². The number of carbonyl (C=O) groups excluding carboxylic acids is 2. The maximum atomic E-state index is 11.7. The van der Waals surface area contributed by atoms with Gasteiger partial charge in [-0.3, -0.25) is 9.59 Å². The molecule has 3 rings (SSSR count). The van der Waals surface area contributed by atoms with E-state index in [1.165, 1.54) is 0 Å². The van der Waals surface area contributed by atoms with E-state index in [2.05, 4.69) is 16.0 Å². The van der Waals surface area contributed by atoms with Crippen molar-refractivity contribution in [3.63, 3.8) is 0 Å². The van der Waals surface area contributed by atoms with Crippen molar-refractivity contribution in [1.82, 2.24) is 10.6 Å². The SMILES string of the molecule is O=C(COc1cccc(NC(=O)C2CC2)c1)NCC1CNC1. The lowest BCUT2D eigenvalue weighted by Gasteiger charge is -2.27. The molecule has 2 amide bonds. The first-order chi connectivity index (χ1) is 10.7. The third-order valence-corrected chi connectivity index (χ3v) is 3.87. The van der Waals surface area contributed by atoms with Crippen LogP contribution in [0.25, 0.3) is 0 Å². The number of benzene rings is 1. The van der Waals surface area contributed by atoms with E-state index in [-0.39, 0.29) is 24.3 Å². The Labute approximate surface area is 129 Å². The van der Waals surface area contributed by atoms with Gasteiger partial charge in [0.25, 0.3) is 5.91 Å². The van der Waals surface area contributed by atoms with Gasteiger partial charge in [0, 0.05) is 43.2 Å². The van der Waals surface area contributed by atoms with Gasteiger partial charge in [-0.25, -0.2) is 0 Å². The first kappa shape index (κ1) is 14.8.